The summed E-state index contributed by atoms with van der Waals surface area (Å²) in [6.07, 6.45) is -1.06. The minimum atomic E-state index is -1.12. The summed E-state index contributed by atoms with van der Waals surface area (Å²) in [6, 6.07) is 4.88. The number of carbonyl (C=O) groups is 2. The van der Waals surface area contributed by atoms with Crippen molar-refractivity contribution in [2.45, 2.75) is 13.0 Å². The molecule has 6 nitrogen and oxygen atoms in total. The first kappa shape index (κ1) is 15.5. The van der Waals surface area contributed by atoms with Gasteiger partial charge in [-0.3, -0.25) is 0 Å². The molecule has 0 saturated carbocycles. The zero-order chi connectivity index (χ0) is 14.4. The Morgan fingerprint density at radius 2 is 2.16 bits per heavy atom. The first-order valence-electron chi connectivity index (χ1n) is 5.50. The van der Waals surface area contributed by atoms with E-state index in [0.29, 0.717) is 5.69 Å². The van der Waals surface area contributed by atoms with E-state index in [-0.39, 0.29) is 6.54 Å². The smallest absolute Gasteiger partial charge is 0.334 e. The molecule has 3 N–H and O–H groups in total. The zero-order valence-electron chi connectivity index (χ0n) is 10.6. The van der Waals surface area contributed by atoms with Crippen LogP contribution in [0, 0.1) is 6.92 Å². The molecule has 0 heterocycles. The third kappa shape index (κ3) is 4.88. The highest BCUT2D eigenvalue weighted by molar-refractivity contribution is 9.10. The minimum Gasteiger partial charge on any atom is -0.479 e. The number of benzene rings is 1. The van der Waals surface area contributed by atoms with E-state index in [4.69, 9.17) is 9.84 Å². The number of aryl methyl sites for hydroxylation is 1. The van der Waals surface area contributed by atoms with Gasteiger partial charge in [0.2, 0.25) is 0 Å². The molecule has 0 aromatic heterocycles. The van der Waals surface area contributed by atoms with Crippen molar-refractivity contribution in [1.29, 1.82) is 0 Å². The van der Waals surface area contributed by atoms with Crippen molar-refractivity contribution in [3.05, 3.63) is 28.2 Å². The number of ether oxygens (including phenoxy) is 1. The number of methoxy groups -OCH3 is 1. The Labute approximate surface area is 119 Å². The lowest BCUT2D eigenvalue weighted by molar-refractivity contribution is -0.147. The van der Waals surface area contributed by atoms with Crippen LogP contribution in [0.4, 0.5) is 10.5 Å². The van der Waals surface area contributed by atoms with Crippen molar-refractivity contribution in [3.8, 4) is 0 Å². The highest BCUT2D eigenvalue weighted by atomic mass is 79.9. The molecule has 1 unspecified atom stereocenters. The highest BCUT2D eigenvalue weighted by Crippen LogP contribution is 2.19. The van der Waals surface area contributed by atoms with E-state index in [2.05, 4.69) is 26.6 Å². The van der Waals surface area contributed by atoms with Crippen LogP contribution in [0.5, 0.6) is 0 Å². The molecule has 7 heteroatoms. The number of hydrogen-bond donors (Lipinski definition) is 3. The Balaban J connectivity index is 2.51. The van der Waals surface area contributed by atoms with Gasteiger partial charge in [-0.1, -0.05) is 15.9 Å². The molecule has 1 rings (SSSR count). The molecular formula is C12H15BrN2O4. The van der Waals surface area contributed by atoms with Crippen LogP contribution in [0.3, 0.4) is 0 Å². The van der Waals surface area contributed by atoms with Crippen molar-refractivity contribution in [1.82, 2.24) is 5.32 Å². The first-order chi connectivity index (χ1) is 8.93. The third-order valence-corrected chi connectivity index (χ3v) is 3.31. The van der Waals surface area contributed by atoms with Crippen molar-refractivity contribution in [3.63, 3.8) is 0 Å². The normalized spacial score (nSPS) is 11.7. The molecule has 2 amide bonds. The van der Waals surface area contributed by atoms with E-state index >= 15 is 0 Å². The summed E-state index contributed by atoms with van der Waals surface area (Å²) in [4.78, 5) is 22.3. The van der Waals surface area contributed by atoms with Crippen LogP contribution in [0.2, 0.25) is 0 Å². The number of halogens is 1. The monoisotopic (exact) mass is 330 g/mol. The van der Waals surface area contributed by atoms with Crippen molar-refractivity contribution in [2.24, 2.45) is 0 Å². The second-order valence-corrected chi connectivity index (χ2v) is 4.72. The van der Waals surface area contributed by atoms with Crippen LogP contribution < -0.4 is 10.6 Å². The van der Waals surface area contributed by atoms with Gasteiger partial charge in [-0.05, 0) is 30.7 Å². The Morgan fingerprint density at radius 1 is 1.47 bits per heavy atom. The number of aliphatic carboxylic acids is 1. The maximum Gasteiger partial charge on any atom is 0.334 e. The van der Waals surface area contributed by atoms with Gasteiger partial charge in [-0.25, -0.2) is 9.59 Å². The number of hydrogen-bond acceptors (Lipinski definition) is 3. The average molecular weight is 331 g/mol. The lowest BCUT2D eigenvalue weighted by atomic mass is 10.2. The van der Waals surface area contributed by atoms with Gasteiger partial charge in [0.05, 0.1) is 6.54 Å². The molecule has 1 aromatic carbocycles. The fraction of sp³-hybridized carbons (Fsp3) is 0.333. The topological polar surface area (TPSA) is 87.7 Å². The lowest BCUT2D eigenvalue weighted by Crippen LogP contribution is -2.39. The number of amides is 2. The predicted octanol–water partition coefficient (Wildman–Crippen LogP) is 1.98. The van der Waals surface area contributed by atoms with Gasteiger partial charge in [0.1, 0.15) is 0 Å². The second kappa shape index (κ2) is 7.10. The standard InChI is InChI=1S/C12H15BrN2O4/c1-7-5-8(3-4-9(7)13)15-12(18)14-6-10(19-2)11(16)17/h3-5,10H,6H2,1-2H3,(H,16,17)(H2,14,15,18). The van der Waals surface area contributed by atoms with Crippen LogP contribution in [-0.4, -0.2) is 36.9 Å². The molecule has 0 spiro atoms. The fourth-order valence-corrected chi connectivity index (χ4v) is 1.60. The molecular weight excluding hydrogens is 316 g/mol. The zero-order valence-corrected chi connectivity index (χ0v) is 12.2. The third-order valence-electron chi connectivity index (χ3n) is 2.42. The van der Waals surface area contributed by atoms with E-state index in [1.54, 1.807) is 12.1 Å². The van der Waals surface area contributed by atoms with E-state index < -0.39 is 18.1 Å². The van der Waals surface area contributed by atoms with Gasteiger partial charge >= 0.3 is 12.0 Å². The number of urea groups is 1. The number of anilines is 1. The quantitative estimate of drug-likeness (QED) is 0.770. The molecule has 0 radical (unpaired) electrons. The van der Waals surface area contributed by atoms with Crippen molar-refractivity contribution in [2.75, 3.05) is 19.0 Å². The fourth-order valence-electron chi connectivity index (χ4n) is 1.35. The molecule has 19 heavy (non-hydrogen) atoms. The van der Waals surface area contributed by atoms with E-state index in [1.807, 2.05) is 13.0 Å². The number of carboxylic acids is 1. The average Bonchev–Trinajstić information content (AvgIpc) is 2.34. The second-order valence-electron chi connectivity index (χ2n) is 3.86. The summed E-state index contributed by atoms with van der Waals surface area (Å²) >= 11 is 3.36. The molecule has 1 aromatic rings. The SMILES string of the molecule is COC(CNC(=O)Nc1ccc(Br)c(C)c1)C(=O)O. The maximum atomic E-state index is 11.6. The number of carboxylic acid groups (broad SMARTS) is 1. The minimum absolute atomic E-state index is 0.104. The van der Waals surface area contributed by atoms with Gasteiger partial charge < -0.3 is 20.5 Å². The summed E-state index contributed by atoms with van der Waals surface area (Å²) in [7, 11) is 1.27. The van der Waals surface area contributed by atoms with Gasteiger partial charge in [-0.15, -0.1) is 0 Å². The highest BCUT2D eigenvalue weighted by Gasteiger charge is 2.17. The molecule has 0 bridgehead atoms. The summed E-state index contributed by atoms with van der Waals surface area (Å²) in [5.41, 5.74) is 1.61. The largest absolute Gasteiger partial charge is 0.479 e. The van der Waals surface area contributed by atoms with Gasteiger partial charge in [0.25, 0.3) is 0 Å². The molecule has 0 aliphatic carbocycles. The Morgan fingerprint density at radius 3 is 2.68 bits per heavy atom. The number of nitrogens with one attached hydrogen (secondary N) is 2. The van der Waals surface area contributed by atoms with Crippen LogP contribution in [0.15, 0.2) is 22.7 Å². The summed E-state index contributed by atoms with van der Waals surface area (Å²) in [5, 5.41) is 13.8. The van der Waals surface area contributed by atoms with Crippen LogP contribution in [-0.2, 0) is 9.53 Å². The number of carbonyl (C=O) groups excluding carboxylic acids is 1. The van der Waals surface area contributed by atoms with Gasteiger partial charge in [0.15, 0.2) is 6.10 Å². The van der Waals surface area contributed by atoms with E-state index in [1.165, 1.54) is 7.11 Å². The van der Waals surface area contributed by atoms with Gasteiger partial charge in [0, 0.05) is 17.3 Å². The Hall–Kier alpha value is -1.60. The molecule has 1 atom stereocenters. The van der Waals surface area contributed by atoms with Crippen molar-refractivity contribution < 1.29 is 19.4 Å². The van der Waals surface area contributed by atoms with Crippen LogP contribution in [0.25, 0.3) is 0 Å². The predicted molar refractivity (Wildman–Crippen MR) is 74.3 cm³/mol. The number of rotatable bonds is 5. The molecule has 104 valence electrons. The molecule has 0 aliphatic rings. The molecule has 0 aliphatic heterocycles. The maximum absolute atomic E-state index is 11.6. The lowest BCUT2D eigenvalue weighted by Gasteiger charge is -2.12. The van der Waals surface area contributed by atoms with E-state index in [0.717, 1.165) is 10.0 Å². The van der Waals surface area contributed by atoms with Crippen LogP contribution in [0.1, 0.15) is 5.56 Å². The molecule has 0 fully saturated rings. The molecule has 0 saturated heterocycles. The summed E-state index contributed by atoms with van der Waals surface area (Å²) in [5.74, 6) is -1.12. The summed E-state index contributed by atoms with van der Waals surface area (Å²) in [6.45, 7) is 1.80. The first-order valence-corrected chi connectivity index (χ1v) is 6.30. The van der Waals surface area contributed by atoms with E-state index in [9.17, 15) is 9.59 Å². The summed E-state index contributed by atoms with van der Waals surface area (Å²) < 4.78 is 5.65. The van der Waals surface area contributed by atoms with Crippen molar-refractivity contribution >= 4 is 33.6 Å². The van der Waals surface area contributed by atoms with Crippen LogP contribution >= 0.6 is 15.9 Å². The van der Waals surface area contributed by atoms with Gasteiger partial charge in [-0.2, -0.15) is 0 Å². The Kier molecular flexibility index (Phi) is 5.78. The Bertz CT molecular complexity index is 479.